The Kier molecular flexibility index (Phi) is 4.14. The summed E-state index contributed by atoms with van der Waals surface area (Å²) < 4.78 is 4.98. The van der Waals surface area contributed by atoms with Gasteiger partial charge in [-0.25, -0.2) is 0 Å². The molecular formula is C12H23NO2. The average molecular weight is 213 g/mol. The smallest absolute Gasteiger partial charge is 0.322 e. The van der Waals surface area contributed by atoms with Gasteiger partial charge >= 0.3 is 5.97 Å². The molecule has 0 heterocycles. The van der Waals surface area contributed by atoms with E-state index in [2.05, 4.69) is 19.2 Å². The van der Waals surface area contributed by atoms with Crippen molar-refractivity contribution in [2.24, 2.45) is 5.41 Å². The van der Waals surface area contributed by atoms with Crippen LogP contribution in [-0.2, 0) is 9.53 Å². The van der Waals surface area contributed by atoms with E-state index in [-0.39, 0.29) is 12.0 Å². The quantitative estimate of drug-likeness (QED) is 0.727. The maximum absolute atomic E-state index is 11.5. The summed E-state index contributed by atoms with van der Waals surface area (Å²) in [6.45, 7) is 8.69. The van der Waals surface area contributed by atoms with Crippen molar-refractivity contribution in [2.45, 2.75) is 59.0 Å². The molecule has 0 bridgehead atoms. The van der Waals surface area contributed by atoms with Gasteiger partial charge in [0.2, 0.25) is 0 Å². The van der Waals surface area contributed by atoms with Gasteiger partial charge in [0.25, 0.3) is 0 Å². The molecule has 1 rings (SSSR count). The molecular weight excluding hydrogens is 190 g/mol. The van der Waals surface area contributed by atoms with Gasteiger partial charge in [0.1, 0.15) is 6.04 Å². The maximum atomic E-state index is 11.5. The van der Waals surface area contributed by atoms with Crippen LogP contribution in [0.15, 0.2) is 0 Å². The molecule has 0 aromatic rings. The molecule has 2 unspecified atom stereocenters. The molecule has 3 heteroatoms. The van der Waals surface area contributed by atoms with Gasteiger partial charge in [-0.05, 0) is 32.1 Å². The monoisotopic (exact) mass is 213 g/mol. The Morgan fingerprint density at radius 3 is 2.73 bits per heavy atom. The molecule has 0 saturated heterocycles. The number of nitrogens with one attached hydrogen (secondary N) is 1. The lowest BCUT2D eigenvalue weighted by Crippen LogP contribution is -2.46. The Labute approximate surface area is 92.6 Å². The van der Waals surface area contributed by atoms with Crippen molar-refractivity contribution in [3.63, 3.8) is 0 Å². The second-order valence-corrected chi connectivity index (χ2v) is 5.07. The van der Waals surface area contributed by atoms with E-state index in [0.717, 1.165) is 6.42 Å². The number of hydrogen-bond donors (Lipinski definition) is 1. The van der Waals surface area contributed by atoms with E-state index < -0.39 is 0 Å². The highest BCUT2D eigenvalue weighted by atomic mass is 16.5. The lowest BCUT2D eigenvalue weighted by atomic mass is 9.87. The van der Waals surface area contributed by atoms with Gasteiger partial charge < -0.3 is 10.1 Å². The van der Waals surface area contributed by atoms with E-state index in [1.165, 1.54) is 12.8 Å². The Hall–Kier alpha value is -0.570. The molecule has 0 radical (unpaired) electrons. The minimum atomic E-state index is -0.188. The van der Waals surface area contributed by atoms with E-state index in [4.69, 9.17) is 4.74 Å². The minimum absolute atomic E-state index is 0.139. The zero-order chi connectivity index (χ0) is 11.5. The van der Waals surface area contributed by atoms with Gasteiger partial charge in [-0.2, -0.15) is 0 Å². The van der Waals surface area contributed by atoms with Crippen molar-refractivity contribution >= 4 is 5.97 Å². The van der Waals surface area contributed by atoms with Crippen LogP contribution < -0.4 is 5.32 Å². The second-order valence-electron chi connectivity index (χ2n) is 5.07. The molecule has 0 aromatic heterocycles. The van der Waals surface area contributed by atoms with Crippen molar-refractivity contribution in [3.8, 4) is 0 Å². The molecule has 1 fully saturated rings. The van der Waals surface area contributed by atoms with E-state index in [9.17, 15) is 4.79 Å². The SMILES string of the molecule is CCOC(=O)C(C)NC1CCCC1(C)C. The maximum Gasteiger partial charge on any atom is 0.322 e. The van der Waals surface area contributed by atoms with Crippen molar-refractivity contribution in [2.75, 3.05) is 6.61 Å². The third-order valence-electron chi connectivity index (χ3n) is 3.35. The van der Waals surface area contributed by atoms with Crippen LogP contribution >= 0.6 is 0 Å². The van der Waals surface area contributed by atoms with Crippen LogP contribution in [0.2, 0.25) is 0 Å². The number of hydrogen-bond acceptors (Lipinski definition) is 3. The lowest BCUT2D eigenvalue weighted by Gasteiger charge is -2.30. The molecule has 1 N–H and O–H groups in total. The number of carbonyl (C=O) groups excluding carboxylic acids is 1. The fourth-order valence-corrected chi connectivity index (χ4v) is 2.27. The summed E-state index contributed by atoms with van der Waals surface area (Å²) in [5.74, 6) is -0.139. The Morgan fingerprint density at radius 2 is 2.27 bits per heavy atom. The third-order valence-corrected chi connectivity index (χ3v) is 3.35. The van der Waals surface area contributed by atoms with Crippen LogP contribution in [0.25, 0.3) is 0 Å². The normalized spacial score (nSPS) is 26.3. The van der Waals surface area contributed by atoms with E-state index >= 15 is 0 Å². The Balaban J connectivity index is 2.44. The van der Waals surface area contributed by atoms with Crippen molar-refractivity contribution < 1.29 is 9.53 Å². The van der Waals surface area contributed by atoms with Crippen LogP contribution in [0.1, 0.15) is 47.0 Å². The molecule has 1 aliphatic rings. The number of esters is 1. The fraction of sp³-hybridized carbons (Fsp3) is 0.917. The summed E-state index contributed by atoms with van der Waals surface area (Å²) in [5.41, 5.74) is 0.306. The number of ether oxygens (including phenoxy) is 1. The molecule has 88 valence electrons. The molecule has 0 spiro atoms. The first kappa shape index (κ1) is 12.5. The predicted molar refractivity (Wildman–Crippen MR) is 60.7 cm³/mol. The van der Waals surface area contributed by atoms with Gasteiger partial charge in [0.05, 0.1) is 6.61 Å². The Morgan fingerprint density at radius 1 is 1.60 bits per heavy atom. The van der Waals surface area contributed by atoms with Gasteiger partial charge in [0, 0.05) is 6.04 Å². The number of rotatable bonds is 4. The first-order valence-electron chi connectivity index (χ1n) is 5.90. The van der Waals surface area contributed by atoms with E-state index in [0.29, 0.717) is 18.1 Å². The molecule has 0 amide bonds. The highest BCUT2D eigenvalue weighted by molar-refractivity contribution is 5.75. The minimum Gasteiger partial charge on any atom is -0.465 e. The van der Waals surface area contributed by atoms with Crippen LogP contribution in [-0.4, -0.2) is 24.7 Å². The fourth-order valence-electron chi connectivity index (χ4n) is 2.27. The molecule has 15 heavy (non-hydrogen) atoms. The van der Waals surface area contributed by atoms with Crippen molar-refractivity contribution in [1.29, 1.82) is 0 Å². The lowest BCUT2D eigenvalue weighted by molar-refractivity contribution is -0.145. The first-order chi connectivity index (χ1) is 6.97. The van der Waals surface area contributed by atoms with Crippen molar-refractivity contribution in [1.82, 2.24) is 5.32 Å². The van der Waals surface area contributed by atoms with Gasteiger partial charge in [-0.15, -0.1) is 0 Å². The first-order valence-corrected chi connectivity index (χ1v) is 5.90. The van der Waals surface area contributed by atoms with Crippen LogP contribution in [0.5, 0.6) is 0 Å². The summed E-state index contributed by atoms with van der Waals surface area (Å²) >= 11 is 0. The molecule has 3 nitrogen and oxygen atoms in total. The largest absolute Gasteiger partial charge is 0.465 e. The van der Waals surface area contributed by atoms with Crippen LogP contribution in [0.3, 0.4) is 0 Å². The molecule has 1 aliphatic carbocycles. The summed E-state index contributed by atoms with van der Waals surface area (Å²) in [4.78, 5) is 11.5. The summed E-state index contributed by atoms with van der Waals surface area (Å²) in [5, 5.41) is 3.38. The summed E-state index contributed by atoms with van der Waals surface area (Å²) in [6, 6.07) is 0.254. The van der Waals surface area contributed by atoms with Gasteiger partial charge in [-0.3, -0.25) is 4.79 Å². The van der Waals surface area contributed by atoms with Gasteiger partial charge in [0.15, 0.2) is 0 Å². The molecule has 2 atom stereocenters. The summed E-state index contributed by atoms with van der Waals surface area (Å²) in [7, 11) is 0. The predicted octanol–water partition coefficient (Wildman–Crippen LogP) is 2.11. The zero-order valence-corrected chi connectivity index (χ0v) is 10.3. The van der Waals surface area contributed by atoms with Crippen LogP contribution in [0.4, 0.5) is 0 Å². The highest BCUT2D eigenvalue weighted by Crippen LogP contribution is 2.37. The van der Waals surface area contributed by atoms with E-state index in [1.807, 2.05) is 13.8 Å². The average Bonchev–Trinajstić information content (AvgIpc) is 2.46. The molecule has 0 aliphatic heterocycles. The Bertz CT molecular complexity index is 226. The molecule has 1 saturated carbocycles. The molecule has 0 aromatic carbocycles. The van der Waals surface area contributed by atoms with Gasteiger partial charge in [-0.1, -0.05) is 20.3 Å². The van der Waals surface area contributed by atoms with Crippen LogP contribution in [0, 0.1) is 5.41 Å². The topological polar surface area (TPSA) is 38.3 Å². The zero-order valence-electron chi connectivity index (χ0n) is 10.3. The standard InChI is InChI=1S/C12H23NO2/c1-5-15-11(14)9(2)13-10-7-6-8-12(10,3)4/h9-10,13H,5-8H2,1-4H3. The highest BCUT2D eigenvalue weighted by Gasteiger charge is 2.35. The number of carbonyl (C=O) groups is 1. The third kappa shape index (κ3) is 3.20. The van der Waals surface area contributed by atoms with E-state index in [1.54, 1.807) is 0 Å². The van der Waals surface area contributed by atoms with Crippen molar-refractivity contribution in [3.05, 3.63) is 0 Å². The second kappa shape index (κ2) is 4.97. The summed E-state index contributed by atoms with van der Waals surface area (Å²) in [6.07, 6.45) is 3.65.